The molecule has 0 aliphatic carbocycles. The highest BCUT2D eigenvalue weighted by atomic mass is 19.4. The number of halogens is 6. The van der Waals surface area contributed by atoms with Crippen LogP contribution >= 0.6 is 0 Å². The quantitative estimate of drug-likeness (QED) is 0.341. The number of benzene rings is 1. The molecule has 13 heteroatoms. The number of ether oxygens (including phenoxy) is 1. The van der Waals surface area contributed by atoms with Crippen molar-refractivity contribution in [3.63, 3.8) is 0 Å². The SMILES string of the molecule is NCC(N)C(=O)NCCOc1ccccc1.O=C(C(=O)C(F)(F)F)C(F)(F)F. The van der Waals surface area contributed by atoms with Crippen LogP contribution in [-0.4, -0.2) is 55.6 Å². The minimum absolute atomic E-state index is 0.144. The highest BCUT2D eigenvalue weighted by Crippen LogP contribution is 2.23. The number of hydrogen-bond donors (Lipinski definition) is 3. The Morgan fingerprint density at radius 2 is 1.43 bits per heavy atom. The first-order chi connectivity index (χ1) is 12.8. The topological polar surface area (TPSA) is 125 Å². The van der Waals surface area contributed by atoms with E-state index in [1.165, 1.54) is 0 Å². The van der Waals surface area contributed by atoms with E-state index in [0.29, 0.717) is 13.2 Å². The van der Waals surface area contributed by atoms with Crippen LogP contribution in [0.2, 0.25) is 0 Å². The first kappa shape index (κ1) is 25.3. The van der Waals surface area contributed by atoms with Crippen molar-refractivity contribution in [3.8, 4) is 5.75 Å². The third-order valence-corrected chi connectivity index (χ3v) is 2.73. The Morgan fingerprint density at radius 3 is 1.82 bits per heavy atom. The van der Waals surface area contributed by atoms with Gasteiger partial charge in [0.1, 0.15) is 12.4 Å². The van der Waals surface area contributed by atoms with Crippen LogP contribution in [0.15, 0.2) is 30.3 Å². The lowest BCUT2D eigenvalue weighted by atomic mass is 10.2. The average molecular weight is 417 g/mol. The summed E-state index contributed by atoms with van der Waals surface area (Å²) in [7, 11) is 0. The van der Waals surface area contributed by atoms with Crippen molar-refractivity contribution in [2.24, 2.45) is 11.5 Å². The molecule has 0 heterocycles. The molecule has 0 bridgehead atoms. The van der Waals surface area contributed by atoms with E-state index in [1.807, 2.05) is 30.3 Å². The molecule has 1 aromatic carbocycles. The van der Waals surface area contributed by atoms with Gasteiger partial charge in [-0.1, -0.05) is 18.2 Å². The van der Waals surface area contributed by atoms with Gasteiger partial charge in [0.05, 0.1) is 12.6 Å². The molecule has 0 fully saturated rings. The summed E-state index contributed by atoms with van der Waals surface area (Å²) in [5, 5.41) is 2.63. The summed E-state index contributed by atoms with van der Waals surface area (Å²) < 4.78 is 72.3. The fourth-order valence-electron chi connectivity index (χ4n) is 1.36. The molecule has 0 saturated heterocycles. The lowest BCUT2D eigenvalue weighted by Crippen LogP contribution is -2.46. The lowest BCUT2D eigenvalue weighted by molar-refractivity contribution is -0.193. The van der Waals surface area contributed by atoms with Crippen molar-refractivity contribution in [2.75, 3.05) is 19.7 Å². The molecule has 1 atom stereocenters. The first-order valence-electron chi connectivity index (χ1n) is 7.44. The zero-order chi connectivity index (χ0) is 22.0. The maximum Gasteiger partial charge on any atom is 0.458 e. The Balaban J connectivity index is 0.000000546. The number of amides is 1. The van der Waals surface area contributed by atoms with Crippen molar-refractivity contribution >= 4 is 17.5 Å². The number of nitrogens with one attached hydrogen (secondary N) is 1. The minimum atomic E-state index is -5.77. The van der Waals surface area contributed by atoms with Gasteiger partial charge in [-0.05, 0) is 12.1 Å². The molecule has 1 rings (SSSR count). The van der Waals surface area contributed by atoms with Gasteiger partial charge in [0.25, 0.3) is 0 Å². The number of rotatable bonds is 7. The van der Waals surface area contributed by atoms with Gasteiger partial charge >= 0.3 is 23.9 Å². The van der Waals surface area contributed by atoms with Crippen molar-refractivity contribution in [2.45, 2.75) is 18.4 Å². The Hall–Kier alpha value is -2.67. The van der Waals surface area contributed by atoms with Gasteiger partial charge < -0.3 is 21.5 Å². The van der Waals surface area contributed by atoms with E-state index in [2.05, 4.69) is 5.32 Å². The predicted molar refractivity (Wildman–Crippen MR) is 84.1 cm³/mol. The molecule has 0 saturated carbocycles. The van der Waals surface area contributed by atoms with Crippen LogP contribution in [0.4, 0.5) is 26.3 Å². The first-order valence-corrected chi connectivity index (χ1v) is 7.44. The minimum Gasteiger partial charge on any atom is -0.492 e. The van der Waals surface area contributed by atoms with E-state index in [0.717, 1.165) is 5.75 Å². The van der Waals surface area contributed by atoms with Crippen molar-refractivity contribution in [3.05, 3.63) is 30.3 Å². The molecule has 158 valence electrons. The molecule has 0 aliphatic heterocycles. The molecule has 1 aromatic rings. The van der Waals surface area contributed by atoms with Crippen LogP contribution in [0.3, 0.4) is 0 Å². The van der Waals surface area contributed by atoms with E-state index in [9.17, 15) is 40.7 Å². The summed E-state index contributed by atoms with van der Waals surface area (Å²) in [6.45, 7) is 0.972. The summed E-state index contributed by atoms with van der Waals surface area (Å²) in [5.41, 5.74) is 10.7. The van der Waals surface area contributed by atoms with Crippen LogP contribution in [0.25, 0.3) is 0 Å². The monoisotopic (exact) mass is 417 g/mol. The number of carbonyl (C=O) groups excluding carboxylic acids is 3. The molecule has 0 spiro atoms. The number of carbonyl (C=O) groups is 3. The summed E-state index contributed by atoms with van der Waals surface area (Å²) in [6.07, 6.45) is -11.5. The number of para-hydroxylation sites is 1. The van der Waals surface area contributed by atoms with Crippen LogP contribution in [-0.2, 0) is 14.4 Å². The second kappa shape index (κ2) is 11.2. The Morgan fingerprint density at radius 1 is 0.964 bits per heavy atom. The Bertz CT molecular complexity index is 625. The number of Topliss-reactive ketones (excluding diaryl/α,β-unsaturated/α-hetero) is 2. The van der Waals surface area contributed by atoms with E-state index in [-0.39, 0.29) is 12.5 Å². The highest BCUT2D eigenvalue weighted by molar-refractivity contribution is 6.41. The fraction of sp³-hybridized carbons (Fsp3) is 0.400. The van der Waals surface area contributed by atoms with Gasteiger partial charge in [-0.2, -0.15) is 26.3 Å². The highest BCUT2D eigenvalue weighted by Gasteiger charge is 2.54. The third kappa shape index (κ3) is 9.87. The van der Waals surface area contributed by atoms with E-state index in [4.69, 9.17) is 16.2 Å². The van der Waals surface area contributed by atoms with Crippen LogP contribution in [0.5, 0.6) is 5.75 Å². The second-order valence-electron chi connectivity index (χ2n) is 4.95. The molecule has 28 heavy (non-hydrogen) atoms. The summed E-state index contributed by atoms with van der Waals surface area (Å²) in [5.74, 6) is -6.29. The third-order valence-electron chi connectivity index (χ3n) is 2.73. The van der Waals surface area contributed by atoms with Crippen molar-refractivity contribution in [1.29, 1.82) is 0 Å². The van der Waals surface area contributed by atoms with Gasteiger partial charge in [-0.3, -0.25) is 14.4 Å². The lowest BCUT2D eigenvalue weighted by Gasteiger charge is -2.10. The molecule has 0 aromatic heterocycles. The molecule has 0 aliphatic rings. The fourth-order valence-corrected chi connectivity index (χ4v) is 1.36. The maximum atomic E-state index is 11.2. The molecular weight excluding hydrogens is 400 g/mol. The standard InChI is InChI=1S/C11H17N3O2.C4F6O2/c12-8-10(13)11(15)14-6-7-16-9-4-2-1-3-5-9;5-3(6,7)1(11)2(12)4(8,9)10/h1-5,10H,6-8,12-13H2,(H,14,15);. The largest absolute Gasteiger partial charge is 0.492 e. The summed E-state index contributed by atoms with van der Waals surface area (Å²) >= 11 is 0. The van der Waals surface area contributed by atoms with Gasteiger partial charge in [-0.25, -0.2) is 0 Å². The zero-order valence-electron chi connectivity index (χ0n) is 14.1. The van der Waals surface area contributed by atoms with Gasteiger partial charge in [0.2, 0.25) is 5.91 Å². The molecule has 5 N–H and O–H groups in total. The van der Waals surface area contributed by atoms with Crippen LogP contribution in [0, 0.1) is 0 Å². The molecule has 1 amide bonds. The van der Waals surface area contributed by atoms with E-state index in [1.54, 1.807) is 0 Å². The number of nitrogens with two attached hydrogens (primary N) is 2. The number of alkyl halides is 6. The molecule has 1 unspecified atom stereocenters. The van der Waals surface area contributed by atoms with Gasteiger partial charge in [0.15, 0.2) is 0 Å². The number of ketones is 2. The zero-order valence-corrected chi connectivity index (χ0v) is 14.1. The Kier molecular flexibility index (Phi) is 10.2. The smallest absolute Gasteiger partial charge is 0.458 e. The van der Waals surface area contributed by atoms with Crippen molar-refractivity contribution in [1.82, 2.24) is 5.32 Å². The van der Waals surface area contributed by atoms with Gasteiger partial charge in [-0.15, -0.1) is 0 Å². The van der Waals surface area contributed by atoms with Crippen LogP contribution < -0.4 is 21.5 Å². The number of hydrogen-bond acceptors (Lipinski definition) is 6. The molecular formula is C15H17F6N3O4. The molecule has 0 radical (unpaired) electrons. The normalized spacial score (nSPS) is 12.3. The Labute approximate surface area is 155 Å². The second-order valence-corrected chi connectivity index (χ2v) is 4.95. The molecule has 7 nitrogen and oxygen atoms in total. The van der Waals surface area contributed by atoms with E-state index >= 15 is 0 Å². The predicted octanol–water partition coefficient (Wildman–Crippen LogP) is 0.717. The maximum absolute atomic E-state index is 11.2. The van der Waals surface area contributed by atoms with Crippen molar-refractivity contribution < 1.29 is 45.5 Å². The van der Waals surface area contributed by atoms with E-state index < -0.39 is 30.0 Å². The van der Waals surface area contributed by atoms with Crippen LogP contribution in [0.1, 0.15) is 0 Å². The summed E-state index contributed by atoms with van der Waals surface area (Å²) in [6, 6.07) is 8.75. The summed E-state index contributed by atoms with van der Waals surface area (Å²) in [4.78, 5) is 30.4. The average Bonchev–Trinajstić information content (AvgIpc) is 2.63. The van der Waals surface area contributed by atoms with Gasteiger partial charge in [0, 0.05) is 6.54 Å².